The molecule has 1 unspecified atom stereocenters. The summed E-state index contributed by atoms with van der Waals surface area (Å²) in [5.41, 5.74) is 1.13. The molecule has 1 heterocycles. The van der Waals surface area contributed by atoms with Crippen LogP contribution in [0.4, 0.5) is 0 Å². The van der Waals surface area contributed by atoms with E-state index in [9.17, 15) is 4.79 Å². The van der Waals surface area contributed by atoms with E-state index in [1.54, 1.807) is 0 Å². The van der Waals surface area contributed by atoms with Crippen LogP contribution in [0.5, 0.6) is 0 Å². The number of benzene rings is 1. The van der Waals surface area contributed by atoms with E-state index in [1.807, 2.05) is 30.3 Å². The lowest BCUT2D eigenvalue weighted by atomic mass is 10.1. The van der Waals surface area contributed by atoms with Gasteiger partial charge in [0, 0.05) is 13.1 Å². The van der Waals surface area contributed by atoms with Gasteiger partial charge in [-0.1, -0.05) is 37.3 Å². The van der Waals surface area contributed by atoms with Crippen LogP contribution in [-0.4, -0.2) is 43.5 Å². The highest BCUT2D eigenvalue weighted by molar-refractivity contribution is 5.77. The van der Waals surface area contributed by atoms with E-state index in [1.165, 1.54) is 25.9 Å². The summed E-state index contributed by atoms with van der Waals surface area (Å²) in [6, 6.07) is 9.99. The van der Waals surface area contributed by atoms with Crippen LogP contribution in [0.15, 0.2) is 30.3 Å². The summed E-state index contributed by atoms with van der Waals surface area (Å²) in [6.07, 6.45) is 2.67. The van der Waals surface area contributed by atoms with Crippen molar-refractivity contribution in [2.75, 3.05) is 32.7 Å². The summed E-state index contributed by atoms with van der Waals surface area (Å²) in [5.74, 6) is 0.650. The summed E-state index contributed by atoms with van der Waals surface area (Å²) in [6.45, 7) is 7.76. The quantitative estimate of drug-likeness (QED) is 0.764. The molecule has 0 bridgehead atoms. The van der Waals surface area contributed by atoms with Crippen LogP contribution in [0.2, 0.25) is 0 Å². The fraction of sp³-hybridized carbons (Fsp3) is 0.588. The molecule has 1 aromatic rings. The third kappa shape index (κ3) is 6.27. The van der Waals surface area contributed by atoms with Crippen LogP contribution in [0.25, 0.3) is 0 Å². The number of rotatable bonds is 8. The van der Waals surface area contributed by atoms with Crippen molar-refractivity contribution in [1.29, 1.82) is 0 Å². The monoisotopic (exact) mass is 289 g/mol. The fourth-order valence-corrected chi connectivity index (χ4v) is 2.76. The van der Waals surface area contributed by atoms with Gasteiger partial charge in [0.05, 0.1) is 6.54 Å². The normalized spacial score (nSPS) is 16.8. The molecule has 0 radical (unpaired) electrons. The summed E-state index contributed by atoms with van der Waals surface area (Å²) in [4.78, 5) is 14.3. The summed E-state index contributed by atoms with van der Waals surface area (Å²) in [7, 11) is 0. The Morgan fingerprint density at radius 2 is 1.95 bits per heavy atom. The topological polar surface area (TPSA) is 44.4 Å². The van der Waals surface area contributed by atoms with Crippen LogP contribution in [0.3, 0.4) is 0 Å². The maximum atomic E-state index is 11.8. The van der Waals surface area contributed by atoms with Gasteiger partial charge < -0.3 is 15.5 Å². The number of carbonyl (C=O) groups excluding carboxylic acids is 1. The van der Waals surface area contributed by atoms with Crippen LogP contribution >= 0.6 is 0 Å². The van der Waals surface area contributed by atoms with Crippen molar-refractivity contribution in [3.05, 3.63) is 35.9 Å². The van der Waals surface area contributed by atoms with Gasteiger partial charge in [-0.3, -0.25) is 4.79 Å². The summed E-state index contributed by atoms with van der Waals surface area (Å²) >= 11 is 0. The van der Waals surface area contributed by atoms with E-state index in [4.69, 9.17) is 0 Å². The van der Waals surface area contributed by atoms with Gasteiger partial charge in [-0.25, -0.2) is 0 Å². The van der Waals surface area contributed by atoms with Crippen LogP contribution in [-0.2, 0) is 11.3 Å². The van der Waals surface area contributed by atoms with Crippen molar-refractivity contribution in [3.63, 3.8) is 0 Å². The first-order valence-corrected chi connectivity index (χ1v) is 7.98. The molecule has 0 saturated carbocycles. The smallest absolute Gasteiger partial charge is 0.234 e. The molecule has 1 aromatic carbocycles. The number of amides is 1. The molecule has 2 rings (SSSR count). The van der Waals surface area contributed by atoms with E-state index < -0.39 is 0 Å². The van der Waals surface area contributed by atoms with Crippen LogP contribution in [0.1, 0.15) is 25.3 Å². The molecule has 21 heavy (non-hydrogen) atoms. The van der Waals surface area contributed by atoms with Crippen molar-refractivity contribution in [2.45, 2.75) is 26.3 Å². The minimum Gasteiger partial charge on any atom is -0.351 e. The zero-order valence-electron chi connectivity index (χ0n) is 13.0. The largest absolute Gasteiger partial charge is 0.351 e. The molecule has 1 aliphatic rings. The van der Waals surface area contributed by atoms with Gasteiger partial charge >= 0.3 is 0 Å². The van der Waals surface area contributed by atoms with Gasteiger partial charge in [0.15, 0.2) is 0 Å². The predicted octanol–water partition coefficient (Wildman–Crippen LogP) is 1.62. The van der Waals surface area contributed by atoms with Gasteiger partial charge in [-0.2, -0.15) is 0 Å². The van der Waals surface area contributed by atoms with E-state index >= 15 is 0 Å². The first kappa shape index (κ1) is 16.0. The Morgan fingerprint density at radius 3 is 2.67 bits per heavy atom. The lowest BCUT2D eigenvalue weighted by molar-refractivity contribution is -0.120. The van der Waals surface area contributed by atoms with E-state index in [0.717, 1.165) is 18.7 Å². The standard InChI is InChI=1S/C17H27N3O/c1-15(14-20-9-5-6-10-20)11-18-13-17(21)19-12-16-7-3-2-4-8-16/h2-4,7-8,15,18H,5-6,9-14H2,1H3,(H,19,21). The highest BCUT2D eigenvalue weighted by Gasteiger charge is 2.14. The molecule has 1 aliphatic heterocycles. The number of nitrogens with one attached hydrogen (secondary N) is 2. The predicted molar refractivity (Wildman–Crippen MR) is 86.0 cm³/mol. The second-order valence-corrected chi connectivity index (χ2v) is 6.01. The Morgan fingerprint density at radius 1 is 1.24 bits per heavy atom. The van der Waals surface area contributed by atoms with Gasteiger partial charge in [0.25, 0.3) is 0 Å². The zero-order valence-corrected chi connectivity index (χ0v) is 13.0. The Hall–Kier alpha value is -1.39. The zero-order chi connectivity index (χ0) is 14.9. The third-order valence-corrected chi connectivity index (χ3v) is 3.88. The summed E-state index contributed by atoms with van der Waals surface area (Å²) < 4.78 is 0. The molecule has 4 nitrogen and oxygen atoms in total. The second kappa shape index (κ2) is 8.80. The van der Waals surface area contributed by atoms with Gasteiger partial charge in [-0.15, -0.1) is 0 Å². The molecule has 1 atom stereocenters. The Labute approximate surface area is 127 Å². The van der Waals surface area contributed by atoms with Gasteiger partial charge in [-0.05, 0) is 44.0 Å². The highest BCUT2D eigenvalue weighted by Crippen LogP contribution is 2.09. The number of nitrogens with zero attached hydrogens (tertiary/aromatic N) is 1. The first-order valence-electron chi connectivity index (χ1n) is 7.98. The Balaban J connectivity index is 1.54. The molecule has 0 spiro atoms. The minimum absolute atomic E-state index is 0.0622. The Kier molecular flexibility index (Phi) is 6.70. The van der Waals surface area contributed by atoms with Crippen molar-refractivity contribution < 1.29 is 4.79 Å². The molecule has 4 heteroatoms. The average molecular weight is 289 g/mol. The van der Waals surface area contributed by atoms with Crippen molar-refractivity contribution in [3.8, 4) is 0 Å². The lowest BCUT2D eigenvalue weighted by Gasteiger charge is -2.20. The molecular weight excluding hydrogens is 262 g/mol. The van der Waals surface area contributed by atoms with Crippen molar-refractivity contribution in [2.24, 2.45) is 5.92 Å². The molecule has 1 amide bonds. The maximum Gasteiger partial charge on any atom is 0.234 e. The van der Waals surface area contributed by atoms with Crippen molar-refractivity contribution >= 4 is 5.91 Å². The van der Waals surface area contributed by atoms with Gasteiger partial charge in [0.2, 0.25) is 5.91 Å². The SMILES string of the molecule is CC(CNCC(=O)NCc1ccccc1)CN1CCCC1. The van der Waals surface area contributed by atoms with Crippen LogP contribution in [0, 0.1) is 5.92 Å². The first-order chi connectivity index (χ1) is 10.2. The molecule has 1 fully saturated rings. The van der Waals surface area contributed by atoms with E-state index in [0.29, 0.717) is 19.0 Å². The average Bonchev–Trinajstić information content (AvgIpc) is 2.99. The number of likely N-dealkylation sites (tertiary alicyclic amines) is 1. The Bertz CT molecular complexity index is 415. The molecule has 0 aromatic heterocycles. The van der Waals surface area contributed by atoms with Crippen LogP contribution < -0.4 is 10.6 Å². The number of hydrogen-bond donors (Lipinski definition) is 2. The molecule has 116 valence electrons. The highest BCUT2D eigenvalue weighted by atomic mass is 16.1. The van der Waals surface area contributed by atoms with E-state index in [-0.39, 0.29) is 5.91 Å². The molecule has 2 N–H and O–H groups in total. The lowest BCUT2D eigenvalue weighted by Crippen LogP contribution is -2.37. The number of carbonyl (C=O) groups is 1. The fourth-order valence-electron chi connectivity index (χ4n) is 2.76. The maximum absolute atomic E-state index is 11.8. The van der Waals surface area contributed by atoms with Crippen molar-refractivity contribution in [1.82, 2.24) is 15.5 Å². The third-order valence-electron chi connectivity index (χ3n) is 3.88. The second-order valence-electron chi connectivity index (χ2n) is 6.01. The summed E-state index contributed by atoms with van der Waals surface area (Å²) in [5, 5.41) is 6.19. The number of hydrogen-bond acceptors (Lipinski definition) is 3. The van der Waals surface area contributed by atoms with Gasteiger partial charge in [0.1, 0.15) is 0 Å². The minimum atomic E-state index is 0.0622. The van der Waals surface area contributed by atoms with E-state index in [2.05, 4.69) is 22.5 Å². The molecular formula is C17H27N3O. The molecule has 0 aliphatic carbocycles. The molecule has 1 saturated heterocycles.